The van der Waals surface area contributed by atoms with E-state index < -0.39 is 11.5 Å². The van der Waals surface area contributed by atoms with E-state index in [0.29, 0.717) is 10.8 Å². The van der Waals surface area contributed by atoms with E-state index in [1.807, 2.05) is 19.9 Å². The van der Waals surface area contributed by atoms with Gasteiger partial charge >= 0.3 is 5.97 Å². The summed E-state index contributed by atoms with van der Waals surface area (Å²) < 4.78 is 0. The summed E-state index contributed by atoms with van der Waals surface area (Å²) in [4.78, 5) is 15.7. The van der Waals surface area contributed by atoms with Crippen molar-refractivity contribution in [3.63, 3.8) is 0 Å². The molecule has 0 bridgehead atoms. The third kappa shape index (κ3) is 5.05. The summed E-state index contributed by atoms with van der Waals surface area (Å²) in [6, 6.07) is 1.99. The van der Waals surface area contributed by atoms with Gasteiger partial charge < -0.3 is 10.8 Å². The molecule has 0 spiro atoms. The first-order valence-electron chi connectivity index (χ1n) is 10.4. The van der Waals surface area contributed by atoms with Gasteiger partial charge in [-0.05, 0) is 62.8 Å². The molecule has 0 atom stereocenters. The van der Waals surface area contributed by atoms with Crippen molar-refractivity contribution in [2.75, 3.05) is 19.6 Å². The van der Waals surface area contributed by atoms with Crippen LogP contribution >= 0.6 is 11.3 Å². The molecule has 0 saturated heterocycles. The maximum atomic E-state index is 12.0. The first-order valence-corrected chi connectivity index (χ1v) is 11.2. The summed E-state index contributed by atoms with van der Waals surface area (Å²) >= 11 is 1.28. The fourth-order valence-corrected chi connectivity index (χ4v) is 5.19. The summed E-state index contributed by atoms with van der Waals surface area (Å²) in [6.45, 7) is 8.93. The first-order chi connectivity index (χ1) is 13.3. The Hall–Kier alpha value is -1.61. The zero-order valence-electron chi connectivity index (χ0n) is 17.3. The highest BCUT2D eigenvalue weighted by Crippen LogP contribution is 2.40. The number of hydrogen-bond donors (Lipinski definition) is 2. The number of aromatic carboxylic acids is 1. The van der Waals surface area contributed by atoms with Gasteiger partial charge in [-0.15, -0.1) is 11.3 Å². The molecule has 1 aromatic heterocycles. The van der Waals surface area contributed by atoms with E-state index in [2.05, 4.69) is 23.7 Å². The molecule has 3 N–H and O–H groups in total. The fraction of sp³-hybridized carbons (Fsp3) is 0.609. The molecule has 28 heavy (non-hydrogen) atoms. The predicted octanol–water partition coefficient (Wildman–Crippen LogP) is 4.59. The number of likely N-dealkylation sites (N-methyl/N-ethyl adjacent to an activating group) is 1. The van der Waals surface area contributed by atoms with Crippen LogP contribution in [0.1, 0.15) is 79.4 Å². The van der Waals surface area contributed by atoms with E-state index in [0.717, 1.165) is 36.5 Å². The van der Waals surface area contributed by atoms with Crippen LogP contribution in [0.4, 0.5) is 0 Å². The van der Waals surface area contributed by atoms with Gasteiger partial charge in [0.2, 0.25) is 0 Å². The molecular weight excluding hydrogens is 368 g/mol. The van der Waals surface area contributed by atoms with Gasteiger partial charge in [0.1, 0.15) is 4.88 Å². The number of hydrogen-bond acceptors (Lipinski definition) is 4. The van der Waals surface area contributed by atoms with Crippen LogP contribution in [-0.2, 0) is 0 Å². The third-order valence-corrected chi connectivity index (χ3v) is 6.80. The summed E-state index contributed by atoms with van der Waals surface area (Å²) in [7, 11) is 0. The molecule has 1 aromatic rings. The van der Waals surface area contributed by atoms with Gasteiger partial charge in [0, 0.05) is 18.7 Å². The maximum absolute atomic E-state index is 12.0. The number of nitrogens with two attached hydrogens (primary N) is 1. The Morgan fingerprint density at radius 3 is 2.68 bits per heavy atom. The second-order valence-electron chi connectivity index (χ2n) is 8.59. The van der Waals surface area contributed by atoms with Crippen molar-refractivity contribution < 1.29 is 9.90 Å². The molecule has 1 fully saturated rings. The van der Waals surface area contributed by atoms with Crippen molar-refractivity contribution in [2.24, 2.45) is 11.7 Å². The number of rotatable bonds is 4. The molecule has 152 valence electrons. The van der Waals surface area contributed by atoms with Gasteiger partial charge in [-0.2, -0.15) is 0 Å². The van der Waals surface area contributed by atoms with Crippen LogP contribution in [0.5, 0.6) is 0 Å². The summed E-state index contributed by atoms with van der Waals surface area (Å²) in [5, 5.41) is 9.84. The van der Waals surface area contributed by atoms with Crippen LogP contribution in [0.25, 0.3) is 5.57 Å². The highest BCUT2D eigenvalue weighted by Gasteiger charge is 2.29. The van der Waals surface area contributed by atoms with Crippen molar-refractivity contribution in [3.05, 3.63) is 27.0 Å². The van der Waals surface area contributed by atoms with Gasteiger partial charge in [-0.3, -0.25) is 4.90 Å². The summed E-state index contributed by atoms with van der Waals surface area (Å²) in [5.74, 6) is 5.87. The lowest BCUT2D eigenvalue weighted by Gasteiger charge is -2.35. The fourth-order valence-electron chi connectivity index (χ4n) is 4.31. The van der Waals surface area contributed by atoms with Gasteiger partial charge in [-0.1, -0.05) is 38.0 Å². The average molecular weight is 401 g/mol. The van der Waals surface area contributed by atoms with E-state index in [1.165, 1.54) is 54.6 Å². The monoisotopic (exact) mass is 400 g/mol. The summed E-state index contributed by atoms with van der Waals surface area (Å²) in [6.07, 6.45) is 7.28. The van der Waals surface area contributed by atoms with Crippen LogP contribution in [0.3, 0.4) is 0 Å². The van der Waals surface area contributed by atoms with Gasteiger partial charge in [0.25, 0.3) is 0 Å². The van der Waals surface area contributed by atoms with Gasteiger partial charge in [0.15, 0.2) is 0 Å². The van der Waals surface area contributed by atoms with Gasteiger partial charge in [-0.25, -0.2) is 4.79 Å². The lowest BCUT2D eigenvalue weighted by molar-refractivity contribution is 0.0702. The molecule has 3 rings (SSSR count). The highest BCUT2D eigenvalue weighted by atomic mass is 32.1. The van der Waals surface area contributed by atoms with Crippen LogP contribution in [-0.4, -0.2) is 41.1 Å². The Morgan fingerprint density at radius 1 is 1.36 bits per heavy atom. The Kier molecular flexibility index (Phi) is 6.65. The number of thiophene rings is 1. The molecule has 2 heterocycles. The zero-order valence-corrected chi connectivity index (χ0v) is 18.1. The zero-order chi connectivity index (χ0) is 20.3. The van der Waals surface area contributed by atoms with Crippen molar-refractivity contribution in [3.8, 4) is 11.8 Å². The number of nitrogens with zero attached hydrogens (tertiary/aromatic N) is 1. The normalized spacial score (nSPS) is 19.4. The van der Waals surface area contributed by atoms with Crippen LogP contribution < -0.4 is 5.73 Å². The maximum Gasteiger partial charge on any atom is 0.346 e. The van der Waals surface area contributed by atoms with Crippen molar-refractivity contribution in [1.82, 2.24) is 4.90 Å². The van der Waals surface area contributed by atoms with Crippen molar-refractivity contribution >= 4 is 22.9 Å². The van der Waals surface area contributed by atoms with E-state index in [-0.39, 0.29) is 0 Å². The van der Waals surface area contributed by atoms with Crippen molar-refractivity contribution in [2.45, 2.75) is 64.8 Å². The lowest BCUT2D eigenvalue weighted by atomic mass is 9.78. The van der Waals surface area contributed by atoms with E-state index in [4.69, 9.17) is 5.73 Å². The molecular formula is C23H32N2O2S. The third-order valence-electron chi connectivity index (χ3n) is 5.76. The molecule has 2 aliphatic rings. The Balaban J connectivity index is 2.06. The minimum atomic E-state index is -0.853. The Labute approximate surface area is 172 Å². The number of carbonyl (C=O) groups is 1. The number of carboxylic acid groups (broad SMARTS) is 1. The molecule has 5 heteroatoms. The first kappa shape index (κ1) is 21.1. The topological polar surface area (TPSA) is 66.6 Å². The standard InChI is InChI=1S/C23H32N2O2S/c1-4-25-13-11-18(20(15-25)16-8-6-5-7-9-16)19-14-17(10-12-23(2,3)24)28-21(19)22(26)27/h14,16H,4-9,11,13,15,24H2,1-3H3,(H,26,27). The van der Waals surface area contributed by atoms with Crippen molar-refractivity contribution in [1.29, 1.82) is 0 Å². The summed E-state index contributed by atoms with van der Waals surface area (Å²) in [5.41, 5.74) is 9.03. The second kappa shape index (κ2) is 8.82. The number of carboxylic acids is 1. The predicted molar refractivity (Wildman–Crippen MR) is 117 cm³/mol. The molecule has 1 aliphatic heterocycles. The average Bonchev–Trinajstić information content (AvgIpc) is 3.10. The smallest absolute Gasteiger partial charge is 0.346 e. The molecule has 0 aromatic carbocycles. The molecule has 1 saturated carbocycles. The highest BCUT2D eigenvalue weighted by molar-refractivity contribution is 7.14. The van der Waals surface area contributed by atoms with Crippen LogP contribution in [0, 0.1) is 17.8 Å². The second-order valence-corrected chi connectivity index (χ2v) is 9.64. The van der Waals surface area contributed by atoms with Crippen LogP contribution in [0.2, 0.25) is 0 Å². The molecule has 1 aliphatic carbocycles. The Bertz CT molecular complexity index is 814. The van der Waals surface area contributed by atoms with E-state index in [1.54, 1.807) is 0 Å². The molecule has 0 radical (unpaired) electrons. The van der Waals surface area contributed by atoms with Gasteiger partial charge in [0.05, 0.1) is 10.4 Å². The SMILES string of the molecule is CCN1CCC(c2cc(C#CC(C)(C)N)sc2C(=O)O)=C(C2CCCCC2)C1. The Morgan fingerprint density at radius 2 is 2.07 bits per heavy atom. The quantitative estimate of drug-likeness (QED) is 0.725. The minimum Gasteiger partial charge on any atom is -0.477 e. The molecule has 0 amide bonds. The van der Waals surface area contributed by atoms with Crippen LogP contribution in [0.15, 0.2) is 11.6 Å². The largest absolute Gasteiger partial charge is 0.477 e. The molecule has 0 unspecified atom stereocenters. The molecule has 4 nitrogen and oxygen atoms in total. The lowest BCUT2D eigenvalue weighted by Crippen LogP contribution is -2.34. The van der Waals surface area contributed by atoms with E-state index >= 15 is 0 Å². The van der Waals surface area contributed by atoms with E-state index in [9.17, 15) is 9.90 Å². The minimum absolute atomic E-state index is 0.424.